The summed E-state index contributed by atoms with van der Waals surface area (Å²) in [5.74, 6) is 1.61. The minimum absolute atomic E-state index is 0.170. The van der Waals surface area contributed by atoms with Crippen LogP contribution in [0.3, 0.4) is 0 Å². The monoisotopic (exact) mass is 393 g/mol. The molecule has 5 nitrogen and oxygen atoms in total. The predicted octanol–water partition coefficient (Wildman–Crippen LogP) is 3.38. The van der Waals surface area contributed by atoms with Crippen molar-refractivity contribution in [3.63, 3.8) is 0 Å². The Morgan fingerprint density at radius 3 is 2.77 bits per heavy atom. The minimum atomic E-state index is 0.170. The molecular weight excluding hydrogens is 370 g/mol. The molecule has 0 radical (unpaired) electrons. The van der Waals surface area contributed by atoms with Crippen molar-refractivity contribution >= 4 is 28.8 Å². The molecule has 1 N–H and O–H groups in total. The summed E-state index contributed by atoms with van der Waals surface area (Å²) in [6.07, 6.45) is 2.52. The molecule has 3 rings (SSSR count). The third-order valence-corrected chi connectivity index (χ3v) is 5.69. The summed E-state index contributed by atoms with van der Waals surface area (Å²) in [4.78, 5) is 19.0. The minimum Gasteiger partial charge on any atom is -0.486 e. The zero-order chi connectivity index (χ0) is 18.4. The van der Waals surface area contributed by atoms with Gasteiger partial charge >= 0.3 is 0 Å². The number of ether oxygens (including phenoxy) is 1. The van der Waals surface area contributed by atoms with Gasteiger partial charge in [0.1, 0.15) is 17.4 Å². The van der Waals surface area contributed by atoms with Crippen molar-refractivity contribution in [2.75, 3.05) is 26.7 Å². The van der Waals surface area contributed by atoms with Gasteiger partial charge in [-0.05, 0) is 56.6 Å². The number of carbonyl (C=O) groups excluding carboxylic acids is 1. The Morgan fingerprint density at radius 2 is 2.08 bits per heavy atom. The molecule has 0 aliphatic carbocycles. The maximum atomic E-state index is 12.5. The standard InChI is InChI=1S/C19H24ClN3O2S/c1-21-11-14-6-8-23(9-7-14)19(24)10-16-13-26-18(22-16)12-25-17-4-2-15(20)3-5-17/h2-5,13-14,21H,6-12H2,1H3. The molecule has 1 amide bonds. The van der Waals surface area contributed by atoms with Gasteiger partial charge in [-0.3, -0.25) is 4.79 Å². The van der Waals surface area contributed by atoms with E-state index in [-0.39, 0.29) is 5.91 Å². The first-order valence-electron chi connectivity index (χ1n) is 8.88. The quantitative estimate of drug-likeness (QED) is 0.783. The van der Waals surface area contributed by atoms with Gasteiger partial charge in [0.25, 0.3) is 0 Å². The van der Waals surface area contributed by atoms with E-state index in [1.54, 1.807) is 12.1 Å². The molecule has 1 saturated heterocycles. The number of nitrogens with zero attached hydrogens (tertiary/aromatic N) is 2. The summed E-state index contributed by atoms with van der Waals surface area (Å²) in [7, 11) is 1.98. The number of benzene rings is 1. The Hall–Kier alpha value is -1.63. The summed E-state index contributed by atoms with van der Waals surface area (Å²) in [5, 5.41) is 6.72. The van der Waals surface area contributed by atoms with Gasteiger partial charge in [-0.15, -0.1) is 11.3 Å². The fourth-order valence-electron chi connectivity index (χ4n) is 3.11. The van der Waals surface area contributed by atoms with Crippen molar-refractivity contribution in [3.05, 3.63) is 45.4 Å². The fraction of sp³-hybridized carbons (Fsp3) is 0.474. The highest BCUT2D eigenvalue weighted by Gasteiger charge is 2.22. The molecule has 2 aromatic rings. The number of hydrogen-bond donors (Lipinski definition) is 1. The number of rotatable bonds is 7. The second-order valence-corrected chi connectivity index (χ2v) is 7.91. The average Bonchev–Trinajstić information content (AvgIpc) is 3.09. The Kier molecular flexibility index (Phi) is 6.88. The first-order chi connectivity index (χ1) is 12.6. The summed E-state index contributed by atoms with van der Waals surface area (Å²) in [5.41, 5.74) is 0.826. The van der Waals surface area contributed by atoms with Crippen molar-refractivity contribution in [2.24, 2.45) is 5.92 Å². The van der Waals surface area contributed by atoms with Gasteiger partial charge in [0, 0.05) is 23.5 Å². The molecule has 7 heteroatoms. The van der Waals surface area contributed by atoms with Gasteiger partial charge in [-0.25, -0.2) is 4.98 Å². The van der Waals surface area contributed by atoms with E-state index in [9.17, 15) is 4.79 Å². The second kappa shape index (κ2) is 9.35. The predicted molar refractivity (Wildman–Crippen MR) is 105 cm³/mol. The molecule has 1 aromatic heterocycles. The van der Waals surface area contributed by atoms with E-state index < -0.39 is 0 Å². The van der Waals surface area contributed by atoms with E-state index in [1.165, 1.54) is 11.3 Å². The molecule has 1 aliphatic rings. The Morgan fingerprint density at radius 1 is 1.35 bits per heavy atom. The van der Waals surface area contributed by atoms with E-state index in [1.807, 2.05) is 29.5 Å². The van der Waals surface area contributed by atoms with Gasteiger partial charge in [-0.2, -0.15) is 0 Å². The summed E-state index contributed by atoms with van der Waals surface area (Å²) >= 11 is 7.39. The zero-order valence-electron chi connectivity index (χ0n) is 14.9. The van der Waals surface area contributed by atoms with E-state index in [0.29, 0.717) is 24.0 Å². The lowest BCUT2D eigenvalue weighted by Crippen LogP contribution is -2.41. The number of aromatic nitrogens is 1. The maximum Gasteiger partial charge on any atom is 0.228 e. The Labute approximate surface area is 163 Å². The summed E-state index contributed by atoms with van der Waals surface area (Å²) < 4.78 is 5.70. The van der Waals surface area contributed by atoms with Crippen molar-refractivity contribution in [2.45, 2.75) is 25.9 Å². The fourth-order valence-corrected chi connectivity index (χ4v) is 3.95. The highest BCUT2D eigenvalue weighted by Crippen LogP contribution is 2.20. The van der Waals surface area contributed by atoms with Crippen LogP contribution in [0, 0.1) is 5.92 Å². The van der Waals surface area contributed by atoms with E-state index >= 15 is 0 Å². The van der Waals surface area contributed by atoms with Gasteiger partial charge in [0.15, 0.2) is 0 Å². The third kappa shape index (κ3) is 5.43. The smallest absolute Gasteiger partial charge is 0.228 e. The first kappa shape index (κ1) is 19.1. The van der Waals surface area contributed by atoms with Gasteiger partial charge in [-0.1, -0.05) is 11.6 Å². The number of hydrogen-bond acceptors (Lipinski definition) is 5. The van der Waals surface area contributed by atoms with Crippen LogP contribution in [0.25, 0.3) is 0 Å². The maximum absolute atomic E-state index is 12.5. The summed E-state index contributed by atoms with van der Waals surface area (Å²) in [6, 6.07) is 7.25. The first-order valence-corrected chi connectivity index (χ1v) is 10.1. The van der Waals surface area contributed by atoms with Crippen molar-refractivity contribution in [1.29, 1.82) is 0 Å². The molecule has 0 saturated carbocycles. The van der Waals surface area contributed by atoms with Crippen LogP contribution in [0.5, 0.6) is 5.75 Å². The van der Waals surface area contributed by atoms with Crippen LogP contribution >= 0.6 is 22.9 Å². The zero-order valence-corrected chi connectivity index (χ0v) is 16.5. The Bertz CT molecular complexity index is 712. The average molecular weight is 394 g/mol. The van der Waals surface area contributed by atoms with Crippen molar-refractivity contribution < 1.29 is 9.53 Å². The van der Waals surface area contributed by atoms with Crippen LogP contribution in [-0.4, -0.2) is 42.5 Å². The second-order valence-electron chi connectivity index (χ2n) is 6.53. The molecule has 140 valence electrons. The lowest BCUT2D eigenvalue weighted by molar-refractivity contribution is -0.131. The number of likely N-dealkylation sites (tertiary alicyclic amines) is 1. The number of halogens is 1. The van der Waals surface area contributed by atoms with Crippen molar-refractivity contribution in [3.8, 4) is 5.75 Å². The SMILES string of the molecule is CNCC1CCN(C(=O)Cc2csc(COc3ccc(Cl)cc3)n2)CC1. The number of amides is 1. The van der Waals surface area contributed by atoms with Crippen LogP contribution in [-0.2, 0) is 17.8 Å². The highest BCUT2D eigenvalue weighted by atomic mass is 35.5. The molecule has 0 unspecified atom stereocenters. The van der Waals surface area contributed by atoms with Gasteiger partial charge in [0.2, 0.25) is 5.91 Å². The van der Waals surface area contributed by atoms with Crippen LogP contribution in [0.1, 0.15) is 23.5 Å². The number of nitrogens with one attached hydrogen (secondary N) is 1. The topological polar surface area (TPSA) is 54.5 Å². The van der Waals surface area contributed by atoms with Crippen molar-refractivity contribution in [1.82, 2.24) is 15.2 Å². The van der Waals surface area contributed by atoms with Crippen LogP contribution < -0.4 is 10.1 Å². The lowest BCUT2D eigenvalue weighted by atomic mass is 9.96. The molecular formula is C19H24ClN3O2S. The molecule has 26 heavy (non-hydrogen) atoms. The molecule has 0 spiro atoms. The van der Waals surface area contributed by atoms with E-state index in [2.05, 4.69) is 10.3 Å². The molecule has 1 fully saturated rings. The molecule has 0 bridgehead atoms. The number of carbonyl (C=O) groups is 1. The van der Waals surface area contributed by atoms with Crippen LogP contribution in [0.2, 0.25) is 5.02 Å². The van der Waals surface area contributed by atoms with Crippen LogP contribution in [0.4, 0.5) is 0 Å². The van der Waals surface area contributed by atoms with Gasteiger partial charge < -0.3 is 15.0 Å². The molecule has 2 heterocycles. The Balaban J connectivity index is 1.46. The highest BCUT2D eigenvalue weighted by molar-refractivity contribution is 7.09. The number of piperidine rings is 1. The largest absolute Gasteiger partial charge is 0.486 e. The normalized spacial score (nSPS) is 15.2. The number of thiazole rings is 1. The molecule has 1 aliphatic heterocycles. The van der Waals surface area contributed by atoms with E-state index in [4.69, 9.17) is 16.3 Å². The molecule has 1 aromatic carbocycles. The van der Waals surface area contributed by atoms with E-state index in [0.717, 1.165) is 48.9 Å². The third-order valence-electron chi connectivity index (χ3n) is 4.57. The van der Waals surface area contributed by atoms with Crippen LogP contribution in [0.15, 0.2) is 29.6 Å². The molecule has 0 atom stereocenters. The lowest BCUT2D eigenvalue weighted by Gasteiger charge is -2.31. The van der Waals surface area contributed by atoms with Gasteiger partial charge in [0.05, 0.1) is 12.1 Å². The summed E-state index contributed by atoms with van der Waals surface area (Å²) in [6.45, 7) is 3.13.